The molecule has 0 bridgehead atoms. The summed E-state index contributed by atoms with van der Waals surface area (Å²) < 4.78 is 4.88. The molecule has 2 atom stereocenters. The van der Waals surface area contributed by atoms with Crippen LogP contribution < -0.4 is 5.32 Å². The molecule has 1 saturated carbocycles. The molecule has 2 aliphatic rings. The van der Waals surface area contributed by atoms with Gasteiger partial charge < -0.3 is 15.0 Å². The molecule has 0 aromatic carbocycles. The summed E-state index contributed by atoms with van der Waals surface area (Å²) >= 11 is 0. The number of likely N-dealkylation sites (tertiary alicyclic amines) is 1. The molecular formula is C14H26N2O2. The molecule has 1 heterocycles. The highest BCUT2D eigenvalue weighted by molar-refractivity contribution is 5.76. The smallest absolute Gasteiger partial charge is 0.323 e. The van der Waals surface area contributed by atoms with Crippen molar-refractivity contribution in [3.8, 4) is 0 Å². The highest BCUT2D eigenvalue weighted by Crippen LogP contribution is 2.33. The van der Waals surface area contributed by atoms with Gasteiger partial charge in [-0.1, -0.05) is 0 Å². The maximum absolute atomic E-state index is 11.7. The molecule has 2 unspecified atom stereocenters. The predicted molar refractivity (Wildman–Crippen MR) is 71.3 cm³/mol. The molecule has 18 heavy (non-hydrogen) atoms. The van der Waals surface area contributed by atoms with Gasteiger partial charge in [-0.05, 0) is 51.5 Å². The van der Waals surface area contributed by atoms with E-state index in [0.717, 1.165) is 25.9 Å². The first-order valence-corrected chi connectivity index (χ1v) is 7.17. The van der Waals surface area contributed by atoms with E-state index in [1.54, 1.807) is 0 Å². The van der Waals surface area contributed by atoms with Crippen molar-refractivity contribution >= 4 is 5.97 Å². The summed E-state index contributed by atoms with van der Waals surface area (Å²) in [6, 6.07) is 0.568. The molecule has 1 aliphatic heterocycles. The zero-order valence-electron chi connectivity index (χ0n) is 11.8. The number of nitrogens with one attached hydrogen (secondary N) is 1. The summed E-state index contributed by atoms with van der Waals surface area (Å²) in [4.78, 5) is 14.2. The summed E-state index contributed by atoms with van der Waals surface area (Å²) in [5, 5.41) is 3.43. The maximum Gasteiger partial charge on any atom is 0.323 e. The fourth-order valence-electron chi connectivity index (χ4n) is 2.79. The van der Waals surface area contributed by atoms with E-state index in [4.69, 9.17) is 4.74 Å². The lowest BCUT2D eigenvalue weighted by Crippen LogP contribution is -2.42. The quantitative estimate of drug-likeness (QED) is 0.725. The third kappa shape index (κ3) is 3.45. The topological polar surface area (TPSA) is 41.6 Å². The second-order valence-electron chi connectivity index (χ2n) is 5.99. The third-order valence-corrected chi connectivity index (χ3v) is 4.22. The zero-order chi connectivity index (χ0) is 13.1. The first-order chi connectivity index (χ1) is 8.61. The number of ether oxygens (including phenoxy) is 1. The van der Waals surface area contributed by atoms with Crippen LogP contribution in [0.5, 0.6) is 0 Å². The lowest BCUT2D eigenvalue weighted by molar-refractivity contribution is -0.143. The number of carbonyl (C=O) groups is 1. The molecule has 4 heteroatoms. The summed E-state index contributed by atoms with van der Waals surface area (Å²) in [5.74, 6) is 1.11. The average molecular weight is 254 g/mol. The highest BCUT2D eigenvalue weighted by Gasteiger charge is 2.37. The van der Waals surface area contributed by atoms with Gasteiger partial charge in [-0.2, -0.15) is 0 Å². The number of hydrogen-bond donors (Lipinski definition) is 1. The average Bonchev–Trinajstić information content (AvgIpc) is 3.06. The normalized spacial score (nSPS) is 26.6. The van der Waals surface area contributed by atoms with Crippen LogP contribution in [0.3, 0.4) is 0 Å². The maximum atomic E-state index is 11.7. The summed E-state index contributed by atoms with van der Waals surface area (Å²) in [5.41, 5.74) is 0. The lowest BCUT2D eigenvalue weighted by Gasteiger charge is -2.21. The second kappa shape index (κ2) is 6.02. The van der Waals surface area contributed by atoms with Gasteiger partial charge in [0.1, 0.15) is 6.04 Å². The van der Waals surface area contributed by atoms with Crippen molar-refractivity contribution in [2.45, 2.75) is 45.2 Å². The Hall–Kier alpha value is -0.610. The summed E-state index contributed by atoms with van der Waals surface area (Å²) in [7, 11) is 1.48. The van der Waals surface area contributed by atoms with Crippen LogP contribution in [0.1, 0.15) is 33.1 Å². The van der Waals surface area contributed by atoms with Crippen molar-refractivity contribution in [3.05, 3.63) is 0 Å². The van der Waals surface area contributed by atoms with Crippen molar-refractivity contribution in [1.29, 1.82) is 0 Å². The SMILES string of the molecule is COC(=O)C(NCC1CCN(C(C)C)C1)C1CC1. The van der Waals surface area contributed by atoms with Crippen LogP contribution in [0.25, 0.3) is 0 Å². The number of hydrogen-bond acceptors (Lipinski definition) is 4. The molecule has 0 spiro atoms. The number of esters is 1. The zero-order valence-corrected chi connectivity index (χ0v) is 11.8. The molecule has 1 N–H and O–H groups in total. The van der Waals surface area contributed by atoms with Gasteiger partial charge >= 0.3 is 5.97 Å². The van der Waals surface area contributed by atoms with E-state index in [2.05, 4.69) is 24.1 Å². The van der Waals surface area contributed by atoms with E-state index < -0.39 is 0 Å². The van der Waals surface area contributed by atoms with Crippen molar-refractivity contribution < 1.29 is 9.53 Å². The first kappa shape index (κ1) is 13.8. The van der Waals surface area contributed by atoms with E-state index >= 15 is 0 Å². The van der Waals surface area contributed by atoms with Gasteiger partial charge in [-0.25, -0.2) is 0 Å². The van der Waals surface area contributed by atoms with Crippen LogP contribution in [-0.2, 0) is 9.53 Å². The Morgan fingerprint density at radius 1 is 1.39 bits per heavy atom. The Morgan fingerprint density at radius 2 is 2.11 bits per heavy atom. The van der Waals surface area contributed by atoms with Crippen molar-refractivity contribution in [1.82, 2.24) is 10.2 Å². The predicted octanol–water partition coefficient (Wildman–Crippen LogP) is 1.26. The number of rotatable bonds is 6. The van der Waals surface area contributed by atoms with E-state index in [-0.39, 0.29) is 12.0 Å². The highest BCUT2D eigenvalue weighted by atomic mass is 16.5. The fraction of sp³-hybridized carbons (Fsp3) is 0.929. The summed E-state index contributed by atoms with van der Waals surface area (Å²) in [6.07, 6.45) is 3.56. The van der Waals surface area contributed by atoms with E-state index in [0.29, 0.717) is 17.9 Å². The molecule has 0 aromatic heterocycles. The molecular weight excluding hydrogens is 228 g/mol. The molecule has 2 fully saturated rings. The molecule has 0 amide bonds. The Bertz CT molecular complexity index is 290. The minimum atomic E-state index is -0.0868. The van der Waals surface area contributed by atoms with Crippen LogP contribution in [0, 0.1) is 11.8 Å². The van der Waals surface area contributed by atoms with Crippen molar-refractivity contribution in [3.63, 3.8) is 0 Å². The third-order valence-electron chi connectivity index (χ3n) is 4.22. The Kier molecular flexibility index (Phi) is 4.62. The summed E-state index contributed by atoms with van der Waals surface area (Å²) in [6.45, 7) is 7.79. The molecule has 2 rings (SSSR count). The van der Waals surface area contributed by atoms with E-state index in [9.17, 15) is 4.79 Å². The number of nitrogens with zero attached hydrogens (tertiary/aromatic N) is 1. The minimum Gasteiger partial charge on any atom is -0.468 e. The molecule has 104 valence electrons. The van der Waals surface area contributed by atoms with Gasteiger partial charge in [0.05, 0.1) is 7.11 Å². The number of methoxy groups -OCH3 is 1. The van der Waals surface area contributed by atoms with Gasteiger partial charge in [0.25, 0.3) is 0 Å². The molecule has 1 saturated heterocycles. The van der Waals surface area contributed by atoms with Gasteiger partial charge in [0.2, 0.25) is 0 Å². The Labute approximate surface area is 110 Å². The van der Waals surface area contributed by atoms with Gasteiger partial charge in [0, 0.05) is 19.1 Å². The van der Waals surface area contributed by atoms with Crippen molar-refractivity contribution in [2.24, 2.45) is 11.8 Å². The van der Waals surface area contributed by atoms with Crippen LogP contribution in [0.15, 0.2) is 0 Å². The largest absolute Gasteiger partial charge is 0.468 e. The first-order valence-electron chi connectivity index (χ1n) is 7.17. The van der Waals surface area contributed by atoms with Crippen LogP contribution in [0.2, 0.25) is 0 Å². The second-order valence-corrected chi connectivity index (χ2v) is 5.99. The molecule has 4 nitrogen and oxygen atoms in total. The van der Waals surface area contributed by atoms with Crippen LogP contribution >= 0.6 is 0 Å². The van der Waals surface area contributed by atoms with Gasteiger partial charge in [-0.15, -0.1) is 0 Å². The lowest BCUT2D eigenvalue weighted by atomic mass is 10.1. The molecule has 1 aliphatic carbocycles. The monoisotopic (exact) mass is 254 g/mol. The van der Waals surface area contributed by atoms with E-state index in [1.807, 2.05) is 0 Å². The standard InChI is InChI=1S/C14H26N2O2/c1-10(2)16-7-6-11(9-16)8-15-13(12-4-5-12)14(17)18-3/h10-13,15H,4-9H2,1-3H3. The van der Waals surface area contributed by atoms with Crippen molar-refractivity contribution in [2.75, 3.05) is 26.7 Å². The Balaban J connectivity index is 1.75. The van der Waals surface area contributed by atoms with E-state index in [1.165, 1.54) is 20.1 Å². The molecule has 0 radical (unpaired) electrons. The molecule has 0 aromatic rings. The van der Waals surface area contributed by atoms with Crippen LogP contribution in [-0.4, -0.2) is 49.7 Å². The van der Waals surface area contributed by atoms with Gasteiger partial charge in [0.15, 0.2) is 0 Å². The Morgan fingerprint density at radius 3 is 2.61 bits per heavy atom. The van der Waals surface area contributed by atoms with Crippen LogP contribution in [0.4, 0.5) is 0 Å². The minimum absolute atomic E-state index is 0.0666. The number of carbonyl (C=O) groups excluding carboxylic acids is 1. The van der Waals surface area contributed by atoms with Gasteiger partial charge in [-0.3, -0.25) is 4.79 Å². The fourth-order valence-corrected chi connectivity index (χ4v) is 2.79.